The second kappa shape index (κ2) is 4.50. The van der Waals surface area contributed by atoms with Crippen LogP contribution in [0, 0.1) is 11.8 Å². The number of hydrogen-bond donors (Lipinski definition) is 1. The fourth-order valence-corrected chi connectivity index (χ4v) is 1.43. The average Bonchev–Trinajstić information content (AvgIpc) is 1.92. The molecule has 1 rings (SSSR count). The summed E-state index contributed by atoms with van der Waals surface area (Å²) in [5, 5.41) is 8.70. The molecule has 1 unspecified atom stereocenters. The van der Waals surface area contributed by atoms with Gasteiger partial charge in [0.25, 0.3) is 0 Å². The van der Waals surface area contributed by atoms with Crippen LogP contribution >= 0.6 is 0 Å². The Morgan fingerprint density at radius 1 is 1.54 bits per heavy atom. The highest BCUT2D eigenvalue weighted by Gasteiger charge is 2.33. The van der Waals surface area contributed by atoms with E-state index in [0.717, 1.165) is 19.3 Å². The molecule has 3 nitrogen and oxygen atoms in total. The first-order chi connectivity index (χ1) is 6.11. The number of carboxylic acids is 1. The first-order valence-electron chi connectivity index (χ1n) is 4.24. The summed E-state index contributed by atoms with van der Waals surface area (Å²) >= 11 is 0. The van der Waals surface area contributed by atoms with Gasteiger partial charge in [-0.3, -0.25) is 4.79 Å². The van der Waals surface area contributed by atoms with Crippen molar-refractivity contribution in [2.75, 3.05) is 6.61 Å². The van der Waals surface area contributed by atoms with Gasteiger partial charge in [0.15, 0.2) is 0 Å². The van der Waals surface area contributed by atoms with Gasteiger partial charge in [-0.05, 0) is 18.8 Å². The Morgan fingerprint density at radius 2 is 2.15 bits per heavy atom. The molecule has 0 aromatic rings. The van der Waals surface area contributed by atoms with Gasteiger partial charge in [-0.15, -0.1) is 0 Å². The summed E-state index contributed by atoms with van der Waals surface area (Å²) in [7, 11) is 0. The minimum atomic E-state index is -2.87. The van der Waals surface area contributed by atoms with E-state index in [1.165, 1.54) is 0 Å². The van der Waals surface area contributed by atoms with E-state index in [1.807, 2.05) is 0 Å². The minimum absolute atomic E-state index is 0.0243. The number of carboxylic acid groups (broad SMARTS) is 1. The molecule has 1 saturated carbocycles. The second-order valence-corrected chi connectivity index (χ2v) is 3.23. The average molecular weight is 194 g/mol. The van der Waals surface area contributed by atoms with Gasteiger partial charge in [-0.2, -0.15) is 8.78 Å². The lowest BCUT2D eigenvalue weighted by Crippen LogP contribution is -2.32. The normalized spacial score (nSPS) is 19.9. The summed E-state index contributed by atoms with van der Waals surface area (Å²) in [4.78, 5) is 10.6. The molecule has 0 bridgehead atoms. The van der Waals surface area contributed by atoms with Crippen LogP contribution in [-0.2, 0) is 9.53 Å². The zero-order valence-electron chi connectivity index (χ0n) is 7.08. The van der Waals surface area contributed by atoms with E-state index in [2.05, 4.69) is 4.74 Å². The van der Waals surface area contributed by atoms with Crippen LogP contribution in [0.4, 0.5) is 8.78 Å². The summed E-state index contributed by atoms with van der Waals surface area (Å²) in [6.07, 6.45) is 2.61. The SMILES string of the molecule is O=C(O)C(COC(F)F)C1CCC1. The fourth-order valence-electron chi connectivity index (χ4n) is 1.43. The molecule has 1 N–H and O–H groups in total. The quantitative estimate of drug-likeness (QED) is 0.724. The molecule has 0 heterocycles. The molecule has 0 amide bonds. The highest BCUT2D eigenvalue weighted by atomic mass is 19.3. The van der Waals surface area contributed by atoms with Gasteiger partial charge >= 0.3 is 12.6 Å². The first-order valence-corrected chi connectivity index (χ1v) is 4.24. The van der Waals surface area contributed by atoms with Gasteiger partial charge in [0.2, 0.25) is 0 Å². The van der Waals surface area contributed by atoms with E-state index in [9.17, 15) is 13.6 Å². The lowest BCUT2D eigenvalue weighted by Gasteiger charge is -2.30. The van der Waals surface area contributed by atoms with Crippen molar-refractivity contribution in [2.45, 2.75) is 25.9 Å². The molecular formula is C8H12F2O3. The first kappa shape index (κ1) is 10.4. The van der Waals surface area contributed by atoms with Crippen LogP contribution in [0.3, 0.4) is 0 Å². The highest BCUT2D eigenvalue weighted by molar-refractivity contribution is 5.70. The third kappa shape index (κ3) is 2.91. The Bertz CT molecular complexity index is 180. The topological polar surface area (TPSA) is 46.5 Å². The minimum Gasteiger partial charge on any atom is -0.481 e. The largest absolute Gasteiger partial charge is 0.481 e. The second-order valence-electron chi connectivity index (χ2n) is 3.23. The summed E-state index contributed by atoms with van der Waals surface area (Å²) < 4.78 is 27.3. The van der Waals surface area contributed by atoms with E-state index >= 15 is 0 Å². The zero-order chi connectivity index (χ0) is 9.84. The van der Waals surface area contributed by atoms with Crippen LogP contribution in [0.5, 0.6) is 0 Å². The number of halogens is 2. The highest BCUT2D eigenvalue weighted by Crippen LogP contribution is 2.33. The lowest BCUT2D eigenvalue weighted by molar-refractivity contribution is -0.165. The molecule has 1 fully saturated rings. The van der Waals surface area contributed by atoms with Gasteiger partial charge in [-0.1, -0.05) is 6.42 Å². The third-order valence-electron chi connectivity index (χ3n) is 2.44. The molecule has 13 heavy (non-hydrogen) atoms. The van der Waals surface area contributed by atoms with Gasteiger partial charge in [-0.25, -0.2) is 0 Å². The van der Waals surface area contributed by atoms with E-state index < -0.39 is 18.5 Å². The Hall–Kier alpha value is -0.710. The Balaban J connectivity index is 2.33. The van der Waals surface area contributed by atoms with Crippen LogP contribution in [-0.4, -0.2) is 24.3 Å². The molecule has 1 atom stereocenters. The number of ether oxygens (including phenoxy) is 1. The maximum Gasteiger partial charge on any atom is 0.345 e. The van der Waals surface area contributed by atoms with Crippen molar-refractivity contribution in [3.63, 3.8) is 0 Å². The van der Waals surface area contributed by atoms with Crippen molar-refractivity contribution in [2.24, 2.45) is 11.8 Å². The number of hydrogen-bond acceptors (Lipinski definition) is 2. The maximum atomic E-state index is 11.6. The number of rotatable bonds is 5. The van der Waals surface area contributed by atoms with Crippen molar-refractivity contribution in [3.8, 4) is 0 Å². The van der Waals surface area contributed by atoms with Crippen LogP contribution in [0.15, 0.2) is 0 Å². The van der Waals surface area contributed by atoms with Gasteiger partial charge in [0.05, 0.1) is 12.5 Å². The van der Waals surface area contributed by atoms with Crippen LogP contribution in [0.1, 0.15) is 19.3 Å². The van der Waals surface area contributed by atoms with Crippen LogP contribution in [0.25, 0.3) is 0 Å². The van der Waals surface area contributed by atoms with Crippen molar-refractivity contribution >= 4 is 5.97 Å². The molecule has 0 aliphatic heterocycles. The molecule has 0 spiro atoms. The summed E-state index contributed by atoms with van der Waals surface area (Å²) in [5.41, 5.74) is 0. The Morgan fingerprint density at radius 3 is 2.46 bits per heavy atom. The van der Waals surface area contributed by atoms with E-state index in [-0.39, 0.29) is 12.5 Å². The standard InChI is InChI=1S/C8H12F2O3/c9-8(10)13-4-6(7(11)12)5-2-1-3-5/h5-6,8H,1-4H2,(H,11,12). The predicted molar refractivity (Wildman–Crippen MR) is 40.4 cm³/mol. The van der Waals surface area contributed by atoms with Crippen LogP contribution < -0.4 is 0 Å². The molecule has 1 aliphatic rings. The van der Waals surface area contributed by atoms with Crippen molar-refractivity contribution in [1.29, 1.82) is 0 Å². The summed E-state index contributed by atoms with van der Waals surface area (Å²) in [6.45, 7) is -3.25. The molecule has 1 aliphatic carbocycles. The Kier molecular flexibility index (Phi) is 3.59. The summed E-state index contributed by atoms with van der Waals surface area (Å²) in [5.74, 6) is -1.77. The van der Waals surface area contributed by atoms with E-state index in [4.69, 9.17) is 5.11 Å². The van der Waals surface area contributed by atoms with Gasteiger partial charge in [0.1, 0.15) is 0 Å². The van der Waals surface area contributed by atoms with Crippen molar-refractivity contribution in [3.05, 3.63) is 0 Å². The summed E-state index contributed by atoms with van der Waals surface area (Å²) in [6, 6.07) is 0. The Labute approximate surface area is 74.7 Å². The molecule has 76 valence electrons. The number of carbonyl (C=O) groups is 1. The molecular weight excluding hydrogens is 182 g/mol. The smallest absolute Gasteiger partial charge is 0.345 e. The molecule has 0 aromatic heterocycles. The molecule has 0 radical (unpaired) electrons. The zero-order valence-corrected chi connectivity index (χ0v) is 7.08. The number of aliphatic carboxylic acids is 1. The predicted octanol–water partition coefficient (Wildman–Crippen LogP) is 1.73. The van der Waals surface area contributed by atoms with Gasteiger partial charge < -0.3 is 9.84 Å². The molecule has 5 heteroatoms. The monoisotopic (exact) mass is 194 g/mol. The molecule has 0 aromatic carbocycles. The van der Waals surface area contributed by atoms with Crippen molar-refractivity contribution < 1.29 is 23.4 Å². The maximum absolute atomic E-state index is 11.6. The van der Waals surface area contributed by atoms with E-state index in [1.54, 1.807) is 0 Å². The van der Waals surface area contributed by atoms with Crippen molar-refractivity contribution in [1.82, 2.24) is 0 Å². The molecule has 0 saturated heterocycles. The fraction of sp³-hybridized carbons (Fsp3) is 0.875. The lowest BCUT2D eigenvalue weighted by atomic mass is 9.76. The van der Waals surface area contributed by atoms with E-state index in [0.29, 0.717) is 0 Å². The van der Waals surface area contributed by atoms with Gasteiger partial charge in [0, 0.05) is 0 Å². The third-order valence-corrected chi connectivity index (χ3v) is 2.44. The number of alkyl halides is 2. The van der Waals surface area contributed by atoms with Crippen LogP contribution in [0.2, 0.25) is 0 Å².